The van der Waals surface area contributed by atoms with Crippen LogP contribution in [-0.2, 0) is 4.79 Å². The first kappa shape index (κ1) is 15.9. The molecular formula is C17H20ClNO2. The molecule has 0 aromatic heterocycles. The summed E-state index contributed by atoms with van der Waals surface area (Å²) in [7, 11) is 0. The normalized spacial score (nSPS) is 14.6. The maximum Gasteiger partial charge on any atom is 0.224 e. The molecule has 1 aromatic rings. The Morgan fingerprint density at radius 3 is 2.86 bits per heavy atom. The third kappa shape index (κ3) is 5.08. The Hall–Kier alpha value is -1.50. The number of aliphatic hydroxyl groups is 1. The van der Waals surface area contributed by atoms with E-state index in [1.54, 1.807) is 18.2 Å². The van der Waals surface area contributed by atoms with Crippen molar-refractivity contribution in [2.45, 2.75) is 38.5 Å². The molecular weight excluding hydrogens is 286 g/mol. The molecule has 21 heavy (non-hydrogen) atoms. The second-order valence-electron chi connectivity index (χ2n) is 5.39. The number of anilines is 1. The number of aliphatic hydroxyl groups excluding tert-OH is 1. The summed E-state index contributed by atoms with van der Waals surface area (Å²) in [4.78, 5) is 12.0. The van der Waals surface area contributed by atoms with Gasteiger partial charge in [-0.25, -0.2) is 0 Å². The van der Waals surface area contributed by atoms with E-state index >= 15 is 0 Å². The van der Waals surface area contributed by atoms with Crippen molar-refractivity contribution in [1.82, 2.24) is 0 Å². The van der Waals surface area contributed by atoms with Gasteiger partial charge >= 0.3 is 0 Å². The number of amides is 1. The number of hydrogen-bond donors (Lipinski definition) is 2. The molecule has 1 saturated carbocycles. The van der Waals surface area contributed by atoms with Crippen LogP contribution in [0.4, 0.5) is 5.69 Å². The molecule has 0 atom stereocenters. The monoisotopic (exact) mass is 305 g/mol. The van der Waals surface area contributed by atoms with Crippen molar-refractivity contribution in [2.24, 2.45) is 5.92 Å². The van der Waals surface area contributed by atoms with Crippen molar-refractivity contribution in [2.75, 3.05) is 11.9 Å². The first-order valence-corrected chi connectivity index (χ1v) is 7.76. The van der Waals surface area contributed by atoms with Gasteiger partial charge in [-0.15, -0.1) is 0 Å². The second-order valence-corrected chi connectivity index (χ2v) is 5.80. The van der Waals surface area contributed by atoms with E-state index < -0.39 is 0 Å². The number of benzene rings is 1. The number of halogens is 1. The zero-order valence-electron chi connectivity index (χ0n) is 12.0. The molecule has 1 aliphatic carbocycles. The van der Waals surface area contributed by atoms with Gasteiger partial charge in [-0.1, -0.05) is 49.1 Å². The molecule has 0 radical (unpaired) electrons. The van der Waals surface area contributed by atoms with E-state index in [0.29, 0.717) is 23.0 Å². The quantitative estimate of drug-likeness (QED) is 0.835. The molecule has 4 heteroatoms. The van der Waals surface area contributed by atoms with Crippen molar-refractivity contribution >= 4 is 23.2 Å². The first-order chi connectivity index (χ1) is 10.2. The lowest BCUT2D eigenvalue weighted by molar-refractivity contribution is -0.116. The first-order valence-electron chi connectivity index (χ1n) is 7.38. The third-order valence-electron chi connectivity index (χ3n) is 3.81. The Kier molecular flexibility index (Phi) is 6.10. The summed E-state index contributed by atoms with van der Waals surface area (Å²) in [5.41, 5.74) is 1.30. The van der Waals surface area contributed by atoms with Gasteiger partial charge in [-0.05, 0) is 30.5 Å². The molecule has 0 unspecified atom stereocenters. The van der Waals surface area contributed by atoms with Gasteiger partial charge in [-0.2, -0.15) is 0 Å². The third-order valence-corrected chi connectivity index (χ3v) is 4.14. The van der Waals surface area contributed by atoms with Gasteiger partial charge in [0.15, 0.2) is 0 Å². The summed E-state index contributed by atoms with van der Waals surface area (Å²) < 4.78 is 0. The van der Waals surface area contributed by atoms with Crippen LogP contribution in [-0.4, -0.2) is 17.6 Å². The van der Waals surface area contributed by atoms with Crippen LogP contribution in [0, 0.1) is 17.8 Å². The van der Waals surface area contributed by atoms with Crippen molar-refractivity contribution < 1.29 is 9.90 Å². The number of rotatable bonds is 4. The summed E-state index contributed by atoms with van der Waals surface area (Å²) >= 11 is 6.09. The molecule has 0 saturated heterocycles. The summed E-state index contributed by atoms with van der Waals surface area (Å²) in [6, 6.07) is 5.20. The van der Waals surface area contributed by atoms with E-state index in [1.165, 1.54) is 25.7 Å². The second kappa shape index (κ2) is 8.07. The Labute approximate surface area is 130 Å². The summed E-state index contributed by atoms with van der Waals surface area (Å²) in [6.45, 7) is -0.189. The molecule has 1 amide bonds. The topological polar surface area (TPSA) is 49.3 Å². The molecule has 2 N–H and O–H groups in total. The molecule has 0 spiro atoms. The highest BCUT2D eigenvalue weighted by molar-refractivity contribution is 6.33. The lowest BCUT2D eigenvalue weighted by Crippen LogP contribution is -2.13. The minimum absolute atomic E-state index is 0.00364. The summed E-state index contributed by atoms with van der Waals surface area (Å²) in [5.74, 6) is 6.08. The predicted octanol–water partition coefficient (Wildman–Crippen LogP) is 3.59. The van der Waals surface area contributed by atoms with Gasteiger partial charge in [0, 0.05) is 12.0 Å². The fraction of sp³-hybridized carbons (Fsp3) is 0.471. The number of carbonyl (C=O) groups excluding carboxylic acids is 1. The zero-order chi connectivity index (χ0) is 15.1. The summed E-state index contributed by atoms with van der Waals surface area (Å²) in [5, 5.41) is 12.0. The SMILES string of the molecule is O=C(CCC1CCCC1)Nc1cc(C#CCO)ccc1Cl. The fourth-order valence-electron chi connectivity index (χ4n) is 2.69. The number of hydrogen-bond acceptors (Lipinski definition) is 2. The van der Waals surface area contributed by atoms with E-state index in [1.807, 2.05) is 0 Å². The van der Waals surface area contributed by atoms with Crippen LogP contribution >= 0.6 is 11.6 Å². The average Bonchev–Trinajstić information content (AvgIpc) is 2.99. The minimum atomic E-state index is -0.189. The number of nitrogens with one attached hydrogen (secondary N) is 1. The lowest BCUT2D eigenvalue weighted by Gasteiger charge is -2.10. The lowest BCUT2D eigenvalue weighted by atomic mass is 10.0. The van der Waals surface area contributed by atoms with Crippen LogP contribution in [0.5, 0.6) is 0 Å². The molecule has 0 aliphatic heterocycles. The van der Waals surface area contributed by atoms with Crippen LogP contribution in [0.1, 0.15) is 44.1 Å². The van der Waals surface area contributed by atoms with E-state index in [4.69, 9.17) is 16.7 Å². The van der Waals surface area contributed by atoms with Crippen LogP contribution < -0.4 is 5.32 Å². The smallest absolute Gasteiger partial charge is 0.224 e. The summed E-state index contributed by atoms with van der Waals surface area (Å²) in [6.07, 6.45) is 6.58. The Morgan fingerprint density at radius 1 is 1.38 bits per heavy atom. The molecule has 1 aliphatic rings. The molecule has 0 heterocycles. The predicted molar refractivity (Wildman–Crippen MR) is 85.2 cm³/mol. The molecule has 0 bridgehead atoms. The van der Waals surface area contributed by atoms with Crippen molar-refractivity contribution in [3.05, 3.63) is 28.8 Å². The van der Waals surface area contributed by atoms with E-state index in [-0.39, 0.29) is 12.5 Å². The average molecular weight is 306 g/mol. The Morgan fingerprint density at radius 2 is 2.14 bits per heavy atom. The largest absolute Gasteiger partial charge is 0.384 e. The molecule has 112 valence electrons. The highest BCUT2D eigenvalue weighted by Crippen LogP contribution is 2.29. The Bertz CT molecular complexity index is 554. The van der Waals surface area contributed by atoms with Crippen LogP contribution in [0.25, 0.3) is 0 Å². The standard InChI is InChI=1S/C17H20ClNO2/c18-15-9-7-14(6-3-11-20)12-16(15)19-17(21)10-8-13-4-1-2-5-13/h7,9,12-13,20H,1-2,4-5,8,10-11H2,(H,19,21). The van der Waals surface area contributed by atoms with E-state index in [0.717, 1.165) is 12.0 Å². The van der Waals surface area contributed by atoms with Crippen molar-refractivity contribution in [1.29, 1.82) is 0 Å². The molecule has 2 rings (SSSR count). The van der Waals surface area contributed by atoms with Gasteiger partial charge in [-0.3, -0.25) is 4.79 Å². The van der Waals surface area contributed by atoms with Gasteiger partial charge in [0.2, 0.25) is 5.91 Å². The highest BCUT2D eigenvalue weighted by Gasteiger charge is 2.16. The van der Waals surface area contributed by atoms with E-state index in [2.05, 4.69) is 17.2 Å². The van der Waals surface area contributed by atoms with Gasteiger partial charge in [0.05, 0.1) is 10.7 Å². The molecule has 1 aromatic carbocycles. The highest BCUT2D eigenvalue weighted by atomic mass is 35.5. The maximum absolute atomic E-state index is 12.0. The van der Waals surface area contributed by atoms with Gasteiger partial charge in [0.1, 0.15) is 6.61 Å². The van der Waals surface area contributed by atoms with Crippen molar-refractivity contribution in [3.63, 3.8) is 0 Å². The van der Waals surface area contributed by atoms with Crippen LogP contribution in [0.2, 0.25) is 5.02 Å². The minimum Gasteiger partial charge on any atom is -0.384 e. The van der Waals surface area contributed by atoms with Crippen LogP contribution in [0.15, 0.2) is 18.2 Å². The fourth-order valence-corrected chi connectivity index (χ4v) is 2.85. The molecule has 1 fully saturated rings. The Balaban J connectivity index is 1.92. The van der Waals surface area contributed by atoms with E-state index in [9.17, 15) is 4.79 Å². The number of carbonyl (C=O) groups is 1. The zero-order valence-corrected chi connectivity index (χ0v) is 12.7. The van der Waals surface area contributed by atoms with Crippen LogP contribution in [0.3, 0.4) is 0 Å². The van der Waals surface area contributed by atoms with Gasteiger partial charge in [0.25, 0.3) is 0 Å². The van der Waals surface area contributed by atoms with Gasteiger partial charge < -0.3 is 10.4 Å². The molecule has 3 nitrogen and oxygen atoms in total. The maximum atomic E-state index is 12.0. The van der Waals surface area contributed by atoms with Crippen molar-refractivity contribution in [3.8, 4) is 11.8 Å².